The molecule has 0 atom stereocenters. The van der Waals surface area contributed by atoms with Crippen LogP contribution in [0.25, 0.3) is 0 Å². The summed E-state index contributed by atoms with van der Waals surface area (Å²) >= 11 is 0. The van der Waals surface area contributed by atoms with Crippen LogP contribution >= 0.6 is 0 Å². The van der Waals surface area contributed by atoms with E-state index in [2.05, 4.69) is 31.6 Å². The zero-order chi connectivity index (χ0) is 24.8. The lowest BCUT2D eigenvalue weighted by Gasteiger charge is -2.28. The molecule has 3 amide bonds. The van der Waals surface area contributed by atoms with Gasteiger partial charge in [-0.1, -0.05) is 26.3 Å². The van der Waals surface area contributed by atoms with Crippen LogP contribution in [-0.2, 0) is 19.2 Å². The maximum atomic E-state index is 12.6. The molecule has 7 heteroatoms. The summed E-state index contributed by atoms with van der Waals surface area (Å²) in [6.45, 7) is 23.3. The second-order valence-electron chi connectivity index (χ2n) is 8.20. The first-order valence-corrected chi connectivity index (χ1v) is 10.9. The molecule has 0 saturated carbocycles. The van der Waals surface area contributed by atoms with Gasteiger partial charge in [-0.25, -0.2) is 0 Å². The van der Waals surface area contributed by atoms with Crippen LogP contribution in [0.2, 0.25) is 0 Å². The van der Waals surface area contributed by atoms with Gasteiger partial charge >= 0.3 is 0 Å². The fourth-order valence-electron chi connectivity index (χ4n) is 2.84. The average molecular weight is 446 g/mol. The molecule has 0 spiro atoms. The Hall–Kier alpha value is -2.96. The van der Waals surface area contributed by atoms with E-state index in [9.17, 15) is 19.2 Å². The van der Waals surface area contributed by atoms with Gasteiger partial charge in [-0.05, 0) is 52.5 Å². The number of hydrogen-bond donors (Lipinski definition) is 1. The fraction of sp³-hybridized carbons (Fsp3) is 0.520. The summed E-state index contributed by atoms with van der Waals surface area (Å²) in [5.41, 5.74) is 1.79. The van der Waals surface area contributed by atoms with E-state index in [4.69, 9.17) is 0 Å². The molecule has 0 aliphatic heterocycles. The quantitative estimate of drug-likeness (QED) is 0.292. The third-order valence-electron chi connectivity index (χ3n) is 4.78. The van der Waals surface area contributed by atoms with Crippen molar-refractivity contribution in [2.45, 2.75) is 53.4 Å². The largest absolute Gasteiger partial charge is 0.352 e. The Morgan fingerprint density at radius 2 is 1.09 bits per heavy atom. The Kier molecular flexibility index (Phi) is 13.6. The number of allylic oxidation sites excluding steroid dienone is 1. The standard InChI is InChI=1S/C25H39N3O4/c1-18(2)22(29)12-9-10-14-27(24(31)20(5)6)16-17-28(25(32)21(7)8)15-11-13-26-23(30)19(3)4/h1,3,5,7,9-17H2,2,4,6,8H3,(H,26,30). The molecule has 0 radical (unpaired) electrons. The zero-order valence-corrected chi connectivity index (χ0v) is 20.2. The van der Waals surface area contributed by atoms with Gasteiger partial charge in [0.05, 0.1) is 0 Å². The summed E-state index contributed by atoms with van der Waals surface area (Å²) in [6, 6.07) is 0. The van der Waals surface area contributed by atoms with Gasteiger partial charge in [0, 0.05) is 55.9 Å². The molecule has 32 heavy (non-hydrogen) atoms. The van der Waals surface area contributed by atoms with Crippen LogP contribution in [-0.4, -0.2) is 66.0 Å². The highest BCUT2D eigenvalue weighted by Gasteiger charge is 2.19. The van der Waals surface area contributed by atoms with Gasteiger partial charge in [-0.15, -0.1) is 0 Å². The number of nitrogens with one attached hydrogen (secondary N) is 1. The number of amides is 3. The van der Waals surface area contributed by atoms with Gasteiger partial charge < -0.3 is 15.1 Å². The Balaban J connectivity index is 4.94. The third-order valence-corrected chi connectivity index (χ3v) is 4.78. The number of nitrogens with zero attached hydrogens (tertiary/aromatic N) is 2. The highest BCUT2D eigenvalue weighted by Crippen LogP contribution is 2.08. The molecule has 0 saturated heterocycles. The van der Waals surface area contributed by atoms with Crippen molar-refractivity contribution in [3.63, 3.8) is 0 Å². The molecule has 0 aromatic rings. The highest BCUT2D eigenvalue weighted by molar-refractivity contribution is 5.94. The minimum Gasteiger partial charge on any atom is -0.352 e. The molecule has 7 nitrogen and oxygen atoms in total. The lowest BCUT2D eigenvalue weighted by Crippen LogP contribution is -2.43. The first kappa shape index (κ1) is 29.0. The molecule has 0 aromatic heterocycles. The van der Waals surface area contributed by atoms with Gasteiger partial charge in [-0.2, -0.15) is 0 Å². The Morgan fingerprint density at radius 1 is 0.625 bits per heavy atom. The van der Waals surface area contributed by atoms with Crippen LogP contribution in [0, 0.1) is 0 Å². The molecular weight excluding hydrogens is 406 g/mol. The summed E-state index contributed by atoms with van der Waals surface area (Å²) in [4.78, 5) is 51.7. The average Bonchev–Trinajstić information content (AvgIpc) is 2.72. The molecular formula is C25H39N3O4. The normalized spacial score (nSPS) is 10.1. The molecule has 0 heterocycles. The van der Waals surface area contributed by atoms with Crippen molar-refractivity contribution in [2.24, 2.45) is 0 Å². The number of carbonyl (C=O) groups excluding carboxylic acids is 4. The molecule has 0 aromatic carbocycles. The summed E-state index contributed by atoms with van der Waals surface area (Å²) in [7, 11) is 0. The van der Waals surface area contributed by atoms with Crippen LogP contribution in [0.5, 0.6) is 0 Å². The molecule has 0 bridgehead atoms. The maximum absolute atomic E-state index is 12.6. The summed E-state index contributed by atoms with van der Waals surface area (Å²) < 4.78 is 0. The Labute approximate surface area is 192 Å². The predicted molar refractivity (Wildman–Crippen MR) is 129 cm³/mol. The fourth-order valence-corrected chi connectivity index (χ4v) is 2.84. The lowest BCUT2D eigenvalue weighted by atomic mass is 10.1. The number of Topliss-reactive ketones (excluding diaryl/α,β-unsaturated/α-hetero) is 1. The van der Waals surface area contributed by atoms with Gasteiger partial charge in [-0.3, -0.25) is 19.2 Å². The smallest absolute Gasteiger partial charge is 0.248 e. The number of carbonyl (C=O) groups is 4. The minimum atomic E-state index is -0.217. The van der Waals surface area contributed by atoms with Gasteiger partial charge in [0.1, 0.15) is 0 Å². The van der Waals surface area contributed by atoms with Gasteiger partial charge in [0.2, 0.25) is 17.7 Å². The predicted octanol–water partition coefficient (Wildman–Crippen LogP) is 3.19. The van der Waals surface area contributed by atoms with Crippen molar-refractivity contribution in [1.82, 2.24) is 15.1 Å². The second-order valence-corrected chi connectivity index (χ2v) is 8.20. The zero-order valence-electron chi connectivity index (χ0n) is 20.2. The van der Waals surface area contributed by atoms with Crippen LogP contribution < -0.4 is 5.32 Å². The minimum absolute atomic E-state index is 0.0275. The van der Waals surface area contributed by atoms with Crippen LogP contribution in [0.4, 0.5) is 0 Å². The van der Waals surface area contributed by atoms with Crippen molar-refractivity contribution >= 4 is 23.5 Å². The Bertz CT molecular complexity index is 703. The topological polar surface area (TPSA) is 86.8 Å². The van der Waals surface area contributed by atoms with E-state index < -0.39 is 0 Å². The first-order valence-electron chi connectivity index (χ1n) is 10.9. The van der Waals surface area contributed by atoms with Gasteiger partial charge in [0.25, 0.3) is 0 Å². The lowest BCUT2D eigenvalue weighted by molar-refractivity contribution is -0.131. The van der Waals surface area contributed by atoms with Crippen LogP contribution in [0.3, 0.4) is 0 Å². The van der Waals surface area contributed by atoms with E-state index in [1.165, 1.54) is 0 Å². The number of rotatable bonds is 16. The molecule has 0 fully saturated rings. The third kappa shape index (κ3) is 11.4. The van der Waals surface area contributed by atoms with Crippen molar-refractivity contribution in [2.75, 3.05) is 32.7 Å². The molecule has 1 N–H and O–H groups in total. The molecule has 0 aliphatic rings. The summed E-state index contributed by atoms with van der Waals surface area (Å²) in [6.07, 6.45) is 2.29. The maximum Gasteiger partial charge on any atom is 0.248 e. The first-order chi connectivity index (χ1) is 14.9. The van der Waals surface area contributed by atoms with E-state index in [1.54, 1.807) is 37.5 Å². The SMILES string of the molecule is C=C(C)C(=O)CCCCN(CCN(CCCNC(=O)C(=C)C)C(=O)C(=C)C)C(=O)C(=C)C. The molecule has 0 unspecified atom stereocenters. The van der Waals surface area contributed by atoms with Gasteiger partial charge in [0.15, 0.2) is 5.78 Å². The number of ketones is 1. The molecule has 0 aliphatic carbocycles. The summed E-state index contributed by atoms with van der Waals surface area (Å²) in [5, 5.41) is 2.75. The Morgan fingerprint density at radius 3 is 1.50 bits per heavy atom. The number of hydrogen-bond acceptors (Lipinski definition) is 4. The van der Waals surface area contributed by atoms with Crippen molar-refractivity contribution in [3.8, 4) is 0 Å². The van der Waals surface area contributed by atoms with E-state index in [-0.39, 0.29) is 23.5 Å². The highest BCUT2D eigenvalue weighted by atomic mass is 16.2. The molecule has 178 valence electrons. The molecule has 0 rings (SSSR count). The second kappa shape index (κ2) is 14.9. The van der Waals surface area contributed by atoms with E-state index in [0.717, 1.165) is 0 Å². The number of unbranched alkanes of at least 4 members (excludes halogenated alkanes) is 1. The van der Waals surface area contributed by atoms with Crippen LogP contribution in [0.15, 0.2) is 48.6 Å². The van der Waals surface area contributed by atoms with Crippen molar-refractivity contribution < 1.29 is 19.2 Å². The monoisotopic (exact) mass is 445 g/mol. The van der Waals surface area contributed by atoms with E-state index in [0.29, 0.717) is 80.7 Å². The summed E-state index contributed by atoms with van der Waals surface area (Å²) in [5.74, 6) is -0.551. The van der Waals surface area contributed by atoms with Crippen molar-refractivity contribution in [1.29, 1.82) is 0 Å². The van der Waals surface area contributed by atoms with E-state index >= 15 is 0 Å². The van der Waals surface area contributed by atoms with Crippen molar-refractivity contribution in [3.05, 3.63) is 48.6 Å². The van der Waals surface area contributed by atoms with Crippen LogP contribution in [0.1, 0.15) is 53.4 Å². The van der Waals surface area contributed by atoms with E-state index in [1.807, 2.05) is 0 Å².